The van der Waals surface area contributed by atoms with Crippen LogP contribution in [0.1, 0.15) is 123 Å². The molecule has 0 saturated carbocycles. The third-order valence-corrected chi connectivity index (χ3v) is 22.0. The van der Waals surface area contributed by atoms with Crippen LogP contribution in [0.2, 0.25) is 0 Å². The van der Waals surface area contributed by atoms with E-state index in [1.807, 2.05) is 48.5 Å². The summed E-state index contributed by atoms with van der Waals surface area (Å²) in [6.07, 6.45) is 0. The minimum absolute atomic E-state index is 0.0178. The lowest BCUT2D eigenvalue weighted by Crippen LogP contribution is -2.61. The molecule has 0 atom stereocenters. The molecule has 0 unspecified atom stereocenters. The molecule has 0 saturated heterocycles. The van der Waals surface area contributed by atoms with Gasteiger partial charge in [0.05, 0.1) is 51.3 Å². The summed E-state index contributed by atoms with van der Waals surface area (Å²) in [7, 11) is 0. The summed E-state index contributed by atoms with van der Waals surface area (Å²) in [5.74, 6) is 0. The van der Waals surface area contributed by atoms with Crippen molar-refractivity contribution in [2.24, 2.45) is 0 Å². The first kappa shape index (κ1) is 52.2. The topological polar surface area (TPSA) is 29.5 Å². The molecule has 2 aliphatic rings. The van der Waals surface area contributed by atoms with Crippen molar-refractivity contribution >= 4 is 123 Å². The van der Waals surface area contributed by atoms with Gasteiger partial charge in [0, 0.05) is 66.4 Å². The molecule has 0 amide bonds. The fraction of sp³-hybridized carbons (Fsp3) is 0.160. The third-order valence-electron chi connectivity index (χ3n) is 22.0. The molecule has 0 radical (unpaired) electrons. The van der Waals surface area contributed by atoms with Crippen LogP contribution >= 0.6 is 0 Å². The van der Waals surface area contributed by atoms with Gasteiger partial charge >= 0.3 is 0 Å². The van der Waals surface area contributed by atoms with Gasteiger partial charge in [0.1, 0.15) is 0 Å². The molecule has 19 rings (SSSR count). The van der Waals surface area contributed by atoms with Gasteiger partial charge in [-0.3, -0.25) is 0 Å². The highest BCUT2D eigenvalue weighted by molar-refractivity contribution is 7.00. The van der Waals surface area contributed by atoms with Gasteiger partial charge in [-0.1, -0.05) is 283 Å². The molecule has 5 heterocycles. The van der Waals surface area contributed by atoms with Gasteiger partial charge in [-0.05, 0) is 202 Å². The summed E-state index contributed by atoms with van der Waals surface area (Å²) in [4.78, 5) is 4.66. The number of hydrogen-bond donors (Lipinski definition) is 0. The maximum atomic E-state index is 9.65. The van der Waals surface area contributed by atoms with E-state index in [1.165, 1.54) is 15.7 Å². The molecule has 0 spiro atoms. The van der Waals surface area contributed by atoms with Crippen LogP contribution in [0.3, 0.4) is 0 Å². The average Bonchev–Trinajstić information content (AvgIpc) is 1.69. The van der Waals surface area contributed by atoms with E-state index in [0.29, 0.717) is 33.3 Å². The zero-order valence-electron chi connectivity index (χ0n) is 74.6. The molecule has 514 valence electrons. The van der Waals surface area contributed by atoms with E-state index in [0.717, 1.165) is 111 Å². The summed E-state index contributed by atoms with van der Waals surface area (Å²) in [5.41, 5.74) is 21.1. The second kappa shape index (κ2) is 23.8. The molecular formula is C100H85BN4O. The number of fused-ring (bicyclic) bond motifs is 13. The van der Waals surface area contributed by atoms with E-state index in [9.17, 15) is 8.22 Å². The minimum atomic E-state index is -0.579. The number of hydrogen-bond acceptors (Lipinski definition) is 3. The van der Waals surface area contributed by atoms with E-state index >= 15 is 0 Å². The van der Waals surface area contributed by atoms with E-state index in [2.05, 4.69) is 255 Å². The van der Waals surface area contributed by atoms with Crippen LogP contribution in [0.5, 0.6) is 0 Å². The number of benzene rings is 14. The number of anilines is 6. The lowest BCUT2D eigenvalue weighted by molar-refractivity contribution is 0.569. The molecule has 5 nitrogen and oxygen atoms in total. The molecule has 3 aromatic heterocycles. The molecule has 0 bridgehead atoms. The Labute approximate surface area is 640 Å². The van der Waals surface area contributed by atoms with E-state index in [1.54, 1.807) is 12.1 Å². The quantitative estimate of drug-likeness (QED) is 0.142. The van der Waals surface area contributed by atoms with Gasteiger partial charge < -0.3 is 23.4 Å². The minimum Gasteiger partial charge on any atom is -0.452 e. The van der Waals surface area contributed by atoms with Crippen molar-refractivity contribution in [3.63, 3.8) is 0 Å². The van der Waals surface area contributed by atoms with Crippen LogP contribution in [0.25, 0.3) is 121 Å². The fourth-order valence-corrected chi connectivity index (χ4v) is 16.4. The summed E-state index contributed by atoms with van der Waals surface area (Å²) >= 11 is 0. The normalized spacial score (nSPS) is 14.9. The van der Waals surface area contributed by atoms with Crippen LogP contribution in [0.4, 0.5) is 34.1 Å². The van der Waals surface area contributed by atoms with Crippen molar-refractivity contribution in [3.05, 3.63) is 319 Å². The first-order valence-corrected chi connectivity index (χ1v) is 36.6. The number of furan rings is 1. The zero-order valence-corrected chi connectivity index (χ0v) is 61.6. The molecule has 0 fully saturated rings. The molecule has 0 N–H and O–H groups in total. The number of nitrogens with zero attached hydrogens (tertiary/aromatic N) is 4. The van der Waals surface area contributed by atoms with Gasteiger partial charge in [0.15, 0.2) is 11.2 Å². The Morgan fingerprint density at radius 2 is 0.745 bits per heavy atom. The lowest BCUT2D eigenvalue weighted by atomic mass is 9.33. The van der Waals surface area contributed by atoms with E-state index in [-0.39, 0.29) is 72.4 Å². The summed E-state index contributed by atoms with van der Waals surface area (Å²) < 4.78 is 132. The lowest BCUT2D eigenvalue weighted by Gasteiger charge is -2.45. The highest BCUT2D eigenvalue weighted by Gasteiger charge is 2.45. The first-order chi connectivity index (χ1) is 56.5. The van der Waals surface area contributed by atoms with Gasteiger partial charge in [0.25, 0.3) is 6.71 Å². The molecule has 2 aliphatic heterocycles. The maximum Gasteiger partial charge on any atom is 0.252 e. The summed E-state index contributed by atoms with van der Waals surface area (Å²) in [6, 6.07) is 71.3. The highest BCUT2D eigenvalue weighted by Crippen LogP contribution is 2.52. The van der Waals surface area contributed by atoms with Gasteiger partial charge in [-0.2, -0.15) is 0 Å². The maximum absolute atomic E-state index is 9.65. The SMILES string of the molecule is [2H]c1c([2H])c([2H])c(-c2ccc3c(c2)N(c2cccc4c2oc2c(-n5c6c([2H])c([2H])c([2H])c([2H])c6c6c([2H])c([2H])c([2H])c([2H])c65)cccc24)c2cc(-c4cc(C(C)(C)C)cc(C(C)(C)C)c4)cc4c2B3c2ccc(-n3c5ccc(C(C)(C)C)cc5c5cc(C(C)(C)C)ccc53)cc2N4c2cc(-c3ccccc3)cc(-c3ccccc3)c2)c([2H])c1[2H]. The predicted octanol–water partition coefficient (Wildman–Crippen LogP) is 25.7. The van der Waals surface area contributed by atoms with Crippen molar-refractivity contribution in [1.29, 1.82) is 0 Å². The van der Waals surface area contributed by atoms with E-state index < -0.39 is 73.2 Å². The molecular weight excluding hydrogens is 1280 g/mol. The molecule has 6 heteroatoms. The van der Waals surface area contributed by atoms with Crippen LogP contribution in [0, 0.1) is 0 Å². The zero-order chi connectivity index (χ0) is 83.8. The van der Waals surface area contributed by atoms with Crippen LogP contribution < -0.4 is 26.2 Å². The molecule has 14 aromatic carbocycles. The summed E-state index contributed by atoms with van der Waals surface area (Å²) in [5, 5.41) is 3.37. The second-order valence-electron chi connectivity index (χ2n) is 32.8. The Kier molecular flexibility index (Phi) is 11.7. The predicted molar refractivity (Wildman–Crippen MR) is 453 cm³/mol. The van der Waals surface area contributed by atoms with Crippen LogP contribution in [-0.2, 0) is 21.7 Å². The number of aromatic nitrogens is 2. The molecule has 106 heavy (non-hydrogen) atoms. The monoisotopic (exact) mass is 1380 g/mol. The largest absolute Gasteiger partial charge is 0.452 e. The van der Waals surface area contributed by atoms with Gasteiger partial charge in [-0.15, -0.1) is 0 Å². The van der Waals surface area contributed by atoms with Crippen LogP contribution in [-0.4, -0.2) is 15.8 Å². The molecule has 0 aliphatic carbocycles. The highest BCUT2D eigenvalue weighted by atomic mass is 16.3. The first-order valence-electron chi connectivity index (χ1n) is 43.1. The smallest absolute Gasteiger partial charge is 0.252 e. The van der Waals surface area contributed by atoms with Crippen molar-refractivity contribution < 1.29 is 22.2 Å². The Balaban J connectivity index is 0.976. The van der Waals surface area contributed by atoms with Crippen molar-refractivity contribution in [3.8, 4) is 55.9 Å². The molecule has 17 aromatic rings. The van der Waals surface area contributed by atoms with Crippen molar-refractivity contribution in [2.75, 3.05) is 9.80 Å². The fourth-order valence-electron chi connectivity index (χ4n) is 16.4. The van der Waals surface area contributed by atoms with Crippen molar-refractivity contribution in [1.82, 2.24) is 9.13 Å². The average molecular weight is 1380 g/mol. The number of rotatable bonds is 8. The Morgan fingerprint density at radius 1 is 0.274 bits per heavy atom. The summed E-state index contributed by atoms with van der Waals surface area (Å²) in [6.45, 7) is 26.4. The van der Waals surface area contributed by atoms with Crippen LogP contribution in [0.15, 0.2) is 301 Å². The Hall–Kier alpha value is -11.9. The van der Waals surface area contributed by atoms with Crippen molar-refractivity contribution in [2.45, 2.75) is 105 Å². The second-order valence-corrected chi connectivity index (χ2v) is 32.8. The number of para-hydroxylation sites is 4. The van der Waals surface area contributed by atoms with Gasteiger partial charge in [-0.25, -0.2) is 0 Å². The third kappa shape index (κ3) is 10.5. The Bertz CT molecular complexity index is 7010. The Morgan fingerprint density at radius 3 is 1.30 bits per heavy atom. The standard InChI is InChI=1S/C100H85BN4O/c1-97(2,3)70-43-48-86-80(59-70)81-60-71(98(4,5)6)44-49-87(81)102(86)74-45-47-83-91(61-74)103(75-53-66(63-30-18-14-19-31-63)50-67(54-75)64-32-20-15-21-33-64)92-56-69(68-51-72(99(7,8)9)58-73(52-68)100(10,11)12)57-93-94(92)101(83)82-46-42-65(62-28-16-13-17-29-62)55-90(82)105(93)89-41-27-37-79-78-36-26-40-88(95(78)106-96(79)89)104-84-38-24-22-34-76(84)77-35-23-25-39-85(77)104/h13-61H,1-12H3/i13D,16D,17D,22D,23D,24D,25D,28D,29D,34D,35D,38D,39D. The van der Waals surface area contributed by atoms with Gasteiger partial charge in [0.2, 0.25) is 0 Å². The van der Waals surface area contributed by atoms with E-state index in [4.69, 9.17) is 14.0 Å².